The number of carbonyl (C=O) groups excluding carboxylic acids is 1. The van der Waals surface area contributed by atoms with E-state index in [1.165, 1.54) is 4.90 Å². The summed E-state index contributed by atoms with van der Waals surface area (Å²) in [7, 11) is 3.98. The van der Waals surface area contributed by atoms with Gasteiger partial charge in [0.25, 0.3) is 0 Å². The summed E-state index contributed by atoms with van der Waals surface area (Å²) in [6, 6.07) is 6.07. The van der Waals surface area contributed by atoms with E-state index >= 15 is 0 Å². The number of ether oxygens (including phenoxy) is 1. The number of fused-ring (bicyclic) bond motifs is 1. The Morgan fingerprint density at radius 3 is 3.00 bits per heavy atom. The second-order valence-corrected chi connectivity index (χ2v) is 6.70. The summed E-state index contributed by atoms with van der Waals surface area (Å²) in [4.78, 5) is 22.4. The maximum absolute atomic E-state index is 11.7. The second kappa shape index (κ2) is 8.79. The molecule has 0 aliphatic rings. The number of rotatable bonds is 8. The Kier molecular flexibility index (Phi) is 6.73. The average molecular weight is 336 g/mol. The summed E-state index contributed by atoms with van der Waals surface area (Å²) in [5.41, 5.74) is 1.74. The fraction of sp³-hybridized carbons (Fsp3) is 0.500. The van der Waals surface area contributed by atoms with Gasteiger partial charge in [-0.25, -0.2) is 9.78 Å². The van der Waals surface area contributed by atoms with E-state index in [2.05, 4.69) is 33.2 Å². The van der Waals surface area contributed by atoms with E-state index in [1.807, 2.05) is 26.2 Å². The Bertz CT molecular complexity index is 642. The Labute approximate surface area is 141 Å². The molecular weight excluding hydrogens is 312 g/mol. The van der Waals surface area contributed by atoms with Crippen LogP contribution in [-0.2, 0) is 4.74 Å². The minimum atomic E-state index is -0.483. The number of nitrogens with one attached hydrogen (secondary N) is 2. The van der Waals surface area contributed by atoms with E-state index in [9.17, 15) is 4.79 Å². The largest absolute Gasteiger partial charge is 0.449 e. The van der Waals surface area contributed by atoms with Crippen molar-refractivity contribution in [1.82, 2.24) is 14.9 Å². The molecule has 2 N–H and O–H groups in total. The number of carbonyl (C=O) groups is 1. The fourth-order valence-electron chi connectivity index (χ4n) is 2.03. The number of benzene rings is 1. The van der Waals surface area contributed by atoms with Crippen LogP contribution < -0.4 is 5.32 Å². The van der Waals surface area contributed by atoms with Gasteiger partial charge in [-0.15, -0.1) is 11.8 Å². The number of anilines is 1. The lowest BCUT2D eigenvalue weighted by atomic mass is 10.3. The molecule has 6 nitrogen and oxygen atoms in total. The van der Waals surface area contributed by atoms with Gasteiger partial charge in [0.2, 0.25) is 5.95 Å². The normalized spacial score (nSPS) is 11.1. The van der Waals surface area contributed by atoms with Gasteiger partial charge in [0, 0.05) is 11.4 Å². The van der Waals surface area contributed by atoms with Crippen LogP contribution in [-0.4, -0.2) is 54.0 Å². The zero-order valence-electron chi connectivity index (χ0n) is 13.9. The first kappa shape index (κ1) is 17.6. The van der Waals surface area contributed by atoms with Crippen LogP contribution in [0, 0.1) is 0 Å². The van der Waals surface area contributed by atoms with E-state index in [0.717, 1.165) is 36.2 Å². The van der Waals surface area contributed by atoms with E-state index in [1.54, 1.807) is 11.8 Å². The highest BCUT2D eigenvalue weighted by atomic mass is 32.2. The van der Waals surface area contributed by atoms with Crippen molar-refractivity contribution in [3.63, 3.8) is 0 Å². The summed E-state index contributed by atoms with van der Waals surface area (Å²) in [5, 5.41) is 2.63. The number of hydrogen-bond donors (Lipinski definition) is 2. The molecule has 2 aromatic rings. The van der Waals surface area contributed by atoms with Crippen molar-refractivity contribution in [2.45, 2.75) is 24.7 Å². The van der Waals surface area contributed by atoms with Crippen molar-refractivity contribution in [1.29, 1.82) is 0 Å². The molecule has 0 fully saturated rings. The van der Waals surface area contributed by atoms with Gasteiger partial charge in [0.1, 0.15) is 0 Å². The molecule has 0 aliphatic carbocycles. The lowest BCUT2D eigenvalue weighted by Crippen LogP contribution is -2.19. The van der Waals surface area contributed by atoms with Crippen molar-refractivity contribution in [2.75, 3.05) is 38.3 Å². The lowest BCUT2D eigenvalue weighted by molar-refractivity contribution is 0.156. The van der Waals surface area contributed by atoms with Crippen molar-refractivity contribution in [2.24, 2.45) is 0 Å². The first-order chi connectivity index (χ1) is 11.1. The summed E-state index contributed by atoms with van der Waals surface area (Å²) >= 11 is 1.80. The predicted octanol–water partition coefficient (Wildman–Crippen LogP) is 3.57. The quantitative estimate of drug-likeness (QED) is 0.570. The van der Waals surface area contributed by atoms with Gasteiger partial charge in [-0.2, -0.15) is 0 Å². The molecule has 0 unspecified atom stereocenters. The summed E-state index contributed by atoms with van der Waals surface area (Å²) in [6.07, 6.45) is 1.46. The molecule has 0 spiro atoms. The van der Waals surface area contributed by atoms with Crippen molar-refractivity contribution in [3.05, 3.63) is 18.2 Å². The van der Waals surface area contributed by atoms with Crippen LogP contribution in [0.1, 0.15) is 19.8 Å². The number of hydrogen-bond acceptors (Lipinski definition) is 5. The van der Waals surface area contributed by atoms with Gasteiger partial charge in [0.05, 0.1) is 17.6 Å². The van der Waals surface area contributed by atoms with Crippen LogP contribution in [0.5, 0.6) is 0 Å². The molecule has 0 saturated heterocycles. The number of thioether (sulfide) groups is 1. The van der Waals surface area contributed by atoms with Crippen LogP contribution in [0.3, 0.4) is 0 Å². The highest BCUT2D eigenvalue weighted by Crippen LogP contribution is 2.23. The molecule has 0 radical (unpaired) electrons. The Morgan fingerprint density at radius 2 is 2.26 bits per heavy atom. The fourth-order valence-corrected chi connectivity index (χ4v) is 2.83. The van der Waals surface area contributed by atoms with Crippen molar-refractivity contribution < 1.29 is 9.53 Å². The number of nitrogens with zero attached hydrogens (tertiary/aromatic N) is 2. The highest BCUT2D eigenvalue weighted by molar-refractivity contribution is 7.99. The van der Waals surface area contributed by atoms with Crippen LogP contribution in [0.2, 0.25) is 0 Å². The summed E-state index contributed by atoms with van der Waals surface area (Å²) in [6.45, 7) is 3.43. The van der Waals surface area contributed by atoms with Crippen molar-refractivity contribution in [3.8, 4) is 0 Å². The Morgan fingerprint density at radius 1 is 1.43 bits per heavy atom. The van der Waals surface area contributed by atoms with Crippen molar-refractivity contribution >= 4 is 34.8 Å². The van der Waals surface area contributed by atoms with Gasteiger partial charge in [-0.1, -0.05) is 6.92 Å². The maximum atomic E-state index is 11.7. The average Bonchev–Trinajstić information content (AvgIpc) is 2.90. The molecular formula is C16H24N4O2S. The molecule has 1 aromatic heterocycles. The summed E-state index contributed by atoms with van der Waals surface area (Å²) < 4.78 is 5.13. The molecule has 0 bridgehead atoms. The zero-order valence-corrected chi connectivity index (χ0v) is 14.7. The predicted molar refractivity (Wildman–Crippen MR) is 95.3 cm³/mol. The summed E-state index contributed by atoms with van der Waals surface area (Å²) in [5.74, 6) is 1.50. The molecule has 126 valence electrons. The number of aromatic nitrogens is 2. The van der Waals surface area contributed by atoms with E-state index in [-0.39, 0.29) is 0 Å². The first-order valence-electron chi connectivity index (χ1n) is 7.79. The third kappa shape index (κ3) is 5.76. The number of H-pyrrole nitrogens is 1. The Hall–Kier alpha value is -1.73. The minimum absolute atomic E-state index is 0.391. The SMILES string of the molecule is CCCSc1ccc2[nH]c(NC(=O)OCCCN(C)C)nc2c1. The lowest BCUT2D eigenvalue weighted by Gasteiger charge is -2.09. The van der Waals surface area contributed by atoms with Crippen LogP contribution in [0.15, 0.2) is 23.1 Å². The van der Waals surface area contributed by atoms with Crippen LogP contribution in [0.25, 0.3) is 11.0 Å². The molecule has 0 saturated carbocycles. The van der Waals surface area contributed by atoms with Gasteiger partial charge < -0.3 is 14.6 Å². The molecule has 0 atom stereocenters. The minimum Gasteiger partial charge on any atom is -0.449 e. The van der Waals surface area contributed by atoms with Gasteiger partial charge in [0.15, 0.2) is 0 Å². The van der Waals surface area contributed by atoms with E-state index in [0.29, 0.717) is 12.6 Å². The molecule has 2 rings (SSSR count). The second-order valence-electron chi connectivity index (χ2n) is 5.53. The van der Waals surface area contributed by atoms with Gasteiger partial charge in [-0.3, -0.25) is 5.32 Å². The Balaban J connectivity index is 1.88. The highest BCUT2D eigenvalue weighted by Gasteiger charge is 2.08. The number of amides is 1. The zero-order chi connectivity index (χ0) is 16.7. The van der Waals surface area contributed by atoms with E-state index in [4.69, 9.17) is 4.74 Å². The third-order valence-corrected chi connectivity index (χ3v) is 4.33. The first-order valence-corrected chi connectivity index (χ1v) is 8.78. The molecule has 7 heteroatoms. The number of aromatic amines is 1. The topological polar surface area (TPSA) is 70.2 Å². The van der Waals surface area contributed by atoms with Gasteiger partial charge >= 0.3 is 6.09 Å². The van der Waals surface area contributed by atoms with E-state index < -0.39 is 6.09 Å². The number of imidazole rings is 1. The maximum Gasteiger partial charge on any atom is 0.413 e. The standard InChI is InChI=1S/C16H24N4O2S/c1-4-10-23-12-6-7-13-14(11-12)18-15(17-13)19-16(21)22-9-5-8-20(2)3/h6-7,11H,4-5,8-10H2,1-3H3,(H2,17,18,19,21). The van der Waals surface area contributed by atoms with Crippen LogP contribution >= 0.6 is 11.8 Å². The smallest absolute Gasteiger partial charge is 0.413 e. The molecule has 1 heterocycles. The third-order valence-electron chi connectivity index (χ3n) is 3.13. The molecule has 1 amide bonds. The monoisotopic (exact) mass is 336 g/mol. The van der Waals surface area contributed by atoms with Crippen LogP contribution in [0.4, 0.5) is 10.7 Å². The molecule has 23 heavy (non-hydrogen) atoms. The molecule has 0 aliphatic heterocycles. The van der Waals surface area contributed by atoms with Gasteiger partial charge in [-0.05, 0) is 50.9 Å². The molecule has 1 aromatic carbocycles.